The molecule has 8 heteroatoms. The number of aromatic nitrogens is 1. The lowest BCUT2D eigenvalue weighted by Crippen LogP contribution is -2.50. The number of rotatable bonds is 5. The van der Waals surface area contributed by atoms with E-state index in [0.717, 1.165) is 44.5 Å². The second-order valence-electron chi connectivity index (χ2n) is 7.78. The molecule has 158 valence electrons. The number of pyridine rings is 1. The Morgan fingerprint density at radius 1 is 0.967 bits per heavy atom. The molecule has 0 aliphatic carbocycles. The van der Waals surface area contributed by atoms with Gasteiger partial charge in [0.2, 0.25) is 10.0 Å². The van der Waals surface area contributed by atoms with Crippen LogP contribution in [0, 0.1) is 11.3 Å². The zero-order valence-electron chi connectivity index (χ0n) is 16.9. The molecule has 2 fully saturated rings. The van der Waals surface area contributed by atoms with E-state index in [-0.39, 0.29) is 16.6 Å². The van der Waals surface area contributed by atoms with Crippen LogP contribution in [0.5, 0.6) is 5.75 Å². The van der Waals surface area contributed by atoms with Crippen LogP contribution in [0.4, 0.5) is 0 Å². The van der Waals surface area contributed by atoms with Crippen LogP contribution < -0.4 is 4.74 Å². The van der Waals surface area contributed by atoms with Crippen molar-refractivity contribution in [2.24, 2.45) is 0 Å². The molecule has 0 radical (unpaired) electrons. The summed E-state index contributed by atoms with van der Waals surface area (Å²) in [6, 6.07) is 12.6. The number of hydrogen-bond donors (Lipinski definition) is 0. The summed E-state index contributed by atoms with van der Waals surface area (Å²) in [4.78, 5) is 6.60. The largest absolute Gasteiger partial charge is 0.490 e. The molecule has 1 aromatic heterocycles. The molecular weight excluding hydrogens is 400 g/mol. The monoisotopic (exact) mass is 426 g/mol. The van der Waals surface area contributed by atoms with Crippen molar-refractivity contribution in [3.05, 3.63) is 54.4 Å². The van der Waals surface area contributed by atoms with Crippen LogP contribution in [0.25, 0.3) is 0 Å². The van der Waals surface area contributed by atoms with Crippen LogP contribution in [0.15, 0.2) is 53.7 Å². The van der Waals surface area contributed by atoms with Crippen LogP contribution >= 0.6 is 0 Å². The van der Waals surface area contributed by atoms with Crippen LogP contribution in [0.2, 0.25) is 0 Å². The molecule has 0 atom stereocenters. The van der Waals surface area contributed by atoms with Crippen molar-refractivity contribution in [3.8, 4) is 11.8 Å². The number of benzene rings is 1. The zero-order valence-corrected chi connectivity index (χ0v) is 17.7. The number of hydrogen-bond acceptors (Lipinski definition) is 6. The minimum Gasteiger partial charge on any atom is -0.490 e. The molecule has 2 aromatic rings. The van der Waals surface area contributed by atoms with Crippen molar-refractivity contribution in [1.29, 1.82) is 5.26 Å². The van der Waals surface area contributed by atoms with Crippen molar-refractivity contribution >= 4 is 10.0 Å². The predicted octanol–water partition coefficient (Wildman–Crippen LogP) is 2.65. The number of piperidine rings is 2. The van der Waals surface area contributed by atoms with Gasteiger partial charge >= 0.3 is 0 Å². The van der Waals surface area contributed by atoms with E-state index >= 15 is 0 Å². The summed E-state index contributed by atoms with van der Waals surface area (Å²) < 4.78 is 33.6. The highest BCUT2D eigenvalue weighted by Crippen LogP contribution is 2.27. The summed E-state index contributed by atoms with van der Waals surface area (Å²) in [6.07, 6.45) is 7.25. The van der Waals surface area contributed by atoms with E-state index in [9.17, 15) is 13.7 Å². The van der Waals surface area contributed by atoms with E-state index < -0.39 is 10.0 Å². The van der Waals surface area contributed by atoms with Gasteiger partial charge in [-0.3, -0.25) is 4.98 Å². The molecule has 2 aliphatic heterocycles. The second kappa shape index (κ2) is 9.13. The Balaban J connectivity index is 1.30. The summed E-state index contributed by atoms with van der Waals surface area (Å²) >= 11 is 0. The van der Waals surface area contributed by atoms with Gasteiger partial charge in [0, 0.05) is 44.6 Å². The van der Waals surface area contributed by atoms with E-state index in [1.54, 1.807) is 30.6 Å². The number of nitrogens with zero attached hydrogens (tertiary/aromatic N) is 4. The lowest BCUT2D eigenvalue weighted by molar-refractivity contribution is 0.0585. The topological polar surface area (TPSA) is 86.5 Å². The van der Waals surface area contributed by atoms with Crippen LogP contribution in [0.1, 0.15) is 31.2 Å². The standard InChI is InChI=1S/C22H26N4O3S/c23-17-18-3-1-2-4-22(18)30(27,28)26-15-7-19(8-16-26)25-13-9-21(10-14-25)29-20-5-11-24-12-6-20/h1-6,11-12,19,21H,7-10,13-16H2. The molecule has 4 rings (SSSR count). The summed E-state index contributed by atoms with van der Waals surface area (Å²) in [7, 11) is -3.64. The Morgan fingerprint density at radius 3 is 2.30 bits per heavy atom. The van der Waals surface area contributed by atoms with Gasteiger partial charge in [-0.2, -0.15) is 9.57 Å². The molecule has 7 nitrogen and oxygen atoms in total. The first-order valence-electron chi connectivity index (χ1n) is 10.4. The van der Waals surface area contributed by atoms with Gasteiger partial charge in [0.15, 0.2) is 0 Å². The first kappa shape index (κ1) is 20.8. The molecule has 0 spiro atoms. The molecule has 2 aliphatic rings. The third kappa shape index (κ3) is 4.48. The van der Waals surface area contributed by atoms with Crippen LogP contribution in [-0.2, 0) is 10.0 Å². The average Bonchev–Trinajstić information content (AvgIpc) is 2.80. The molecule has 0 bridgehead atoms. The van der Waals surface area contributed by atoms with Crippen molar-refractivity contribution in [1.82, 2.24) is 14.2 Å². The average molecular weight is 427 g/mol. The summed E-state index contributed by atoms with van der Waals surface area (Å²) in [5.74, 6) is 0.861. The van der Waals surface area contributed by atoms with Gasteiger partial charge in [0.1, 0.15) is 17.9 Å². The van der Waals surface area contributed by atoms with Gasteiger partial charge in [-0.25, -0.2) is 8.42 Å². The Bertz CT molecular complexity index is 991. The van der Waals surface area contributed by atoms with E-state index in [2.05, 4.69) is 9.88 Å². The maximum atomic E-state index is 13.0. The first-order valence-corrected chi connectivity index (χ1v) is 11.8. The van der Waals surface area contributed by atoms with Crippen molar-refractivity contribution < 1.29 is 13.2 Å². The highest BCUT2D eigenvalue weighted by molar-refractivity contribution is 7.89. The van der Waals surface area contributed by atoms with E-state index in [1.807, 2.05) is 18.2 Å². The number of nitriles is 1. The second-order valence-corrected chi connectivity index (χ2v) is 9.69. The molecular formula is C22H26N4O3S. The van der Waals surface area contributed by atoms with E-state index in [4.69, 9.17) is 4.74 Å². The molecule has 0 N–H and O–H groups in total. The molecule has 2 saturated heterocycles. The highest BCUT2D eigenvalue weighted by atomic mass is 32.2. The fourth-order valence-electron chi connectivity index (χ4n) is 4.34. The lowest BCUT2D eigenvalue weighted by Gasteiger charge is -2.41. The van der Waals surface area contributed by atoms with Crippen molar-refractivity contribution in [2.45, 2.75) is 42.7 Å². The Morgan fingerprint density at radius 2 is 1.63 bits per heavy atom. The zero-order chi connectivity index (χ0) is 21.0. The van der Waals surface area contributed by atoms with Gasteiger partial charge in [0.25, 0.3) is 0 Å². The fourth-order valence-corrected chi connectivity index (χ4v) is 5.95. The normalized spacial score (nSPS) is 20.0. The maximum absolute atomic E-state index is 13.0. The van der Waals surface area contributed by atoms with E-state index in [0.29, 0.717) is 19.1 Å². The van der Waals surface area contributed by atoms with Gasteiger partial charge in [-0.15, -0.1) is 0 Å². The number of sulfonamides is 1. The SMILES string of the molecule is N#Cc1ccccc1S(=O)(=O)N1CCC(N2CCC(Oc3ccncc3)CC2)CC1. The predicted molar refractivity (Wildman–Crippen MR) is 112 cm³/mol. The Labute approximate surface area is 177 Å². The molecule has 1 aromatic carbocycles. The van der Waals surface area contributed by atoms with Gasteiger partial charge in [0.05, 0.1) is 10.5 Å². The molecule has 30 heavy (non-hydrogen) atoms. The highest BCUT2D eigenvalue weighted by Gasteiger charge is 2.34. The molecule has 0 amide bonds. The summed E-state index contributed by atoms with van der Waals surface area (Å²) in [6.45, 7) is 2.90. The first-order chi connectivity index (χ1) is 14.6. The minimum absolute atomic E-state index is 0.111. The smallest absolute Gasteiger partial charge is 0.244 e. The van der Waals surface area contributed by atoms with Gasteiger partial charge in [-0.05, 0) is 49.9 Å². The third-order valence-electron chi connectivity index (χ3n) is 5.99. The quantitative estimate of drug-likeness (QED) is 0.731. The van der Waals surface area contributed by atoms with Crippen LogP contribution in [0.3, 0.4) is 0 Å². The Kier molecular flexibility index (Phi) is 6.32. The molecule has 0 unspecified atom stereocenters. The summed E-state index contributed by atoms with van der Waals surface area (Å²) in [5.41, 5.74) is 0.205. The molecule has 0 saturated carbocycles. The van der Waals surface area contributed by atoms with Crippen molar-refractivity contribution in [3.63, 3.8) is 0 Å². The van der Waals surface area contributed by atoms with Gasteiger partial charge in [-0.1, -0.05) is 12.1 Å². The van der Waals surface area contributed by atoms with Crippen LogP contribution in [-0.4, -0.2) is 60.9 Å². The maximum Gasteiger partial charge on any atom is 0.244 e. The number of ether oxygens (including phenoxy) is 1. The minimum atomic E-state index is -3.64. The Hall–Kier alpha value is -2.47. The van der Waals surface area contributed by atoms with E-state index in [1.165, 1.54) is 10.4 Å². The fraction of sp³-hybridized carbons (Fsp3) is 0.455. The number of likely N-dealkylation sites (tertiary alicyclic amines) is 1. The van der Waals surface area contributed by atoms with Gasteiger partial charge < -0.3 is 9.64 Å². The lowest BCUT2D eigenvalue weighted by atomic mass is 10.00. The summed E-state index contributed by atoms with van der Waals surface area (Å²) in [5, 5.41) is 9.25. The van der Waals surface area contributed by atoms with Crippen molar-refractivity contribution in [2.75, 3.05) is 26.2 Å². The molecule has 3 heterocycles. The third-order valence-corrected chi connectivity index (χ3v) is 7.95.